The third-order valence-electron chi connectivity index (χ3n) is 4.27. The smallest absolute Gasteiger partial charge is 0.406 e. The van der Waals surface area contributed by atoms with Crippen molar-refractivity contribution >= 4 is 27.3 Å². The molecule has 1 unspecified atom stereocenters. The number of rotatable bonds is 3. The maximum Gasteiger partial charge on any atom is 0.573 e. The summed E-state index contributed by atoms with van der Waals surface area (Å²) in [6.07, 6.45) is -4.86. The van der Waals surface area contributed by atoms with Gasteiger partial charge in [0.05, 0.1) is 28.9 Å². The van der Waals surface area contributed by atoms with E-state index >= 15 is 0 Å². The Balaban J connectivity index is 2.00. The standard InChI is InChI=1S/C18H17F3N2O4S/c1-12-11-22(16-5-3-4-6-17(16)23(12)13(2)24)28(25,26)15-9-7-14(8-10-15)27-18(19,20)21/h3-10,12H,11H2,1-2H3. The lowest BCUT2D eigenvalue weighted by Gasteiger charge is -2.40. The van der Waals surface area contributed by atoms with E-state index in [-0.39, 0.29) is 17.3 Å². The first-order chi connectivity index (χ1) is 13.0. The second-order valence-corrected chi connectivity index (χ2v) is 8.14. The molecule has 1 amide bonds. The second kappa shape index (κ2) is 7.01. The molecule has 10 heteroatoms. The van der Waals surface area contributed by atoms with E-state index in [1.807, 2.05) is 0 Å². The number of halogens is 3. The maximum atomic E-state index is 13.1. The van der Waals surface area contributed by atoms with Crippen LogP contribution < -0.4 is 13.9 Å². The molecule has 0 aromatic heterocycles. The predicted molar refractivity (Wildman–Crippen MR) is 96.7 cm³/mol. The van der Waals surface area contributed by atoms with Gasteiger partial charge in [0.15, 0.2) is 0 Å². The number of nitrogens with zero attached hydrogens (tertiary/aromatic N) is 2. The Bertz CT molecular complexity index is 991. The largest absolute Gasteiger partial charge is 0.573 e. The number of para-hydroxylation sites is 2. The molecular formula is C18H17F3N2O4S. The fourth-order valence-electron chi connectivity index (χ4n) is 3.18. The highest BCUT2D eigenvalue weighted by molar-refractivity contribution is 7.92. The lowest BCUT2D eigenvalue weighted by atomic mass is 10.1. The van der Waals surface area contributed by atoms with Crippen LogP contribution in [0.25, 0.3) is 0 Å². The summed E-state index contributed by atoms with van der Waals surface area (Å²) < 4.78 is 68.1. The minimum atomic E-state index is -4.86. The highest BCUT2D eigenvalue weighted by Gasteiger charge is 2.37. The Hall–Kier alpha value is -2.75. The normalized spacial score (nSPS) is 17.2. The number of amides is 1. The molecule has 28 heavy (non-hydrogen) atoms. The zero-order chi connectivity index (χ0) is 20.7. The van der Waals surface area contributed by atoms with E-state index in [9.17, 15) is 26.4 Å². The molecule has 2 aromatic rings. The zero-order valence-corrected chi connectivity index (χ0v) is 15.8. The van der Waals surface area contributed by atoms with Crippen LogP contribution in [-0.2, 0) is 14.8 Å². The van der Waals surface area contributed by atoms with Gasteiger partial charge in [-0.05, 0) is 43.3 Å². The maximum absolute atomic E-state index is 13.1. The number of hydrogen-bond donors (Lipinski definition) is 0. The summed E-state index contributed by atoms with van der Waals surface area (Å²) in [7, 11) is -4.06. The topological polar surface area (TPSA) is 66.9 Å². The van der Waals surface area contributed by atoms with Crippen molar-refractivity contribution in [1.29, 1.82) is 0 Å². The summed E-state index contributed by atoms with van der Waals surface area (Å²) in [5.41, 5.74) is 0.778. The Morgan fingerprint density at radius 1 is 1.07 bits per heavy atom. The molecule has 0 saturated heterocycles. The molecule has 3 rings (SSSR count). The van der Waals surface area contributed by atoms with Crippen LogP contribution >= 0.6 is 0 Å². The number of ether oxygens (including phenoxy) is 1. The fraction of sp³-hybridized carbons (Fsp3) is 0.278. The number of sulfonamides is 1. The molecule has 0 saturated carbocycles. The van der Waals surface area contributed by atoms with Crippen molar-refractivity contribution in [1.82, 2.24) is 0 Å². The summed E-state index contributed by atoms with van der Waals surface area (Å²) in [4.78, 5) is 13.3. The summed E-state index contributed by atoms with van der Waals surface area (Å²) in [5, 5.41) is 0. The first kappa shape index (κ1) is 20.0. The van der Waals surface area contributed by atoms with Gasteiger partial charge in [0.25, 0.3) is 10.0 Å². The van der Waals surface area contributed by atoms with Crippen molar-refractivity contribution < 1.29 is 31.1 Å². The molecular weight excluding hydrogens is 397 g/mol. The minimum Gasteiger partial charge on any atom is -0.406 e. The van der Waals surface area contributed by atoms with Gasteiger partial charge >= 0.3 is 6.36 Å². The van der Waals surface area contributed by atoms with Gasteiger partial charge in [-0.3, -0.25) is 9.10 Å². The van der Waals surface area contributed by atoms with Gasteiger partial charge in [0, 0.05) is 6.92 Å². The van der Waals surface area contributed by atoms with E-state index in [0.29, 0.717) is 11.4 Å². The summed E-state index contributed by atoms with van der Waals surface area (Å²) in [5.74, 6) is -0.729. The van der Waals surface area contributed by atoms with Crippen LogP contribution in [0.2, 0.25) is 0 Å². The third-order valence-corrected chi connectivity index (χ3v) is 6.06. The molecule has 150 valence electrons. The highest BCUT2D eigenvalue weighted by Crippen LogP contribution is 2.38. The van der Waals surface area contributed by atoms with E-state index in [2.05, 4.69) is 4.74 Å². The van der Waals surface area contributed by atoms with Gasteiger partial charge in [0.1, 0.15) is 5.75 Å². The lowest BCUT2D eigenvalue weighted by molar-refractivity contribution is -0.274. The first-order valence-corrected chi connectivity index (χ1v) is 9.72. The number of hydrogen-bond acceptors (Lipinski definition) is 4. The average Bonchev–Trinajstić information content (AvgIpc) is 2.59. The number of carbonyl (C=O) groups is 1. The Labute approximate surface area is 160 Å². The Morgan fingerprint density at radius 2 is 1.64 bits per heavy atom. The van der Waals surface area contributed by atoms with Crippen LogP contribution in [0.15, 0.2) is 53.4 Å². The molecule has 1 aliphatic heterocycles. The SMILES string of the molecule is CC(=O)N1c2ccccc2N(S(=O)(=O)c2ccc(OC(F)(F)F)cc2)CC1C. The van der Waals surface area contributed by atoms with Crippen molar-refractivity contribution in [3.05, 3.63) is 48.5 Å². The van der Waals surface area contributed by atoms with Crippen molar-refractivity contribution in [2.75, 3.05) is 15.7 Å². The van der Waals surface area contributed by atoms with Gasteiger partial charge < -0.3 is 9.64 Å². The second-order valence-electron chi connectivity index (χ2n) is 6.28. The molecule has 1 atom stereocenters. The minimum absolute atomic E-state index is 0.0136. The van der Waals surface area contributed by atoms with Crippen LogP contribution in [0.1, 0.15) is 13.8 Å². The third kappa shape index (κ3) is 3.77. The molecule has 0 N–H and O–H groups in total. The average molecular weight is 414 g/mol. The number of carbonyl (C=O) groups excluding carboxylic acids is 1. The molecule has 1 heterocycles. The molecule has 0 radical (unpaired) electrons. The Morgan fingerprint density at radius 3 is 2.18 bits per heavy atom. The van der Waals surface area contributed by atoms with E-state index in [1.165, 1.54) is 11.8 Å². The van der Waals surface area contributed by atoms with Gasteiger partial charge in [-0.15, -0.1) is 13.2 Å². The molecule has 0 bridgehead atoms. The summed E-state index contributed by atoms with van der Waals surface area (Å²) >= 11 is 0. The van der Waals surface area contributed by atoms with Crippen molar-refractivity contribution in [2.45, 2.75) is 31.1 Å². The lowest BCUT2D eigenvalue weighted by Crippen LogP contribution is -2.51. The molecule has 2 aromatic carbocycles. The van der Waals surface area contributed by atoms with Crippen molar-refractivity contribution in [3.8, 4) is 5.75 Å². The predicted octanol–water partition coefficient (Wildman–Crippen LogP) is 3.54. The number of fused-ring (bicyclic) bond motifs is 1. The van der Waals surface area contributed by atoms with Crippen molar-refractivity contribution in [3.63, 3.8) is 0 Å². The fourth-order valence-corrected chi connectivity index (χ4v) is 4.74. The molecule has 0 fully saturated rings. The summed E-state index contributed by atoms with van der Waals surface area (Å²) in [6, 6.07) is 10.2. The molecule has 0 spiro atoms. The van der Waals surface area contributed by atoms with Crippen LogP contribution in [0.3, 0.4) is 0 Å². The highest BCUT2D eigenvalue weighted by atomic mass is 32.2. The molecule has 1 aliphatic rings. The van der Waals surface area contributed by atoms with E-state index < -0.39 is 28.2 Å². The number of benzene rings is 2. The van der Waals surface area contributed by atoms with Crippen LogP contribution in [0, 0.1) is 0 Å². The van der Waals surface area contributed by atoms with E-state index in [4.69, 9.17) is 0 Å². The van der Waals surface area contributed by atoms with Crippen LogP contribution in [0.4, 0.5) is 24.5 Å². The van der Waals surface area contributed by atoms with Gasteiger partial charge in [-0.25, -0.2) is 8.42 Å². The number of alkyl halides is 3. The number of anilines is 2. The first-order valence-electron chi connectivity index (χ1n) is 8.28. The van der Waals surface area contributed by atoms with Crippen molar-refractivity contribution in [2.24, 2.45) is 0 Å². The zero-order valence-electron chi connectivity index (χ0n) is 15.0. The van der Waals surface area contributed by atoms with E-state index in [1.54, 1.807) is 31.2 Å². The quantitative estimate of drug-likeness (QED) is 0.771. The monoisotopic (exact) mass is 414 g/mol. The van der Waals surface area contributed by atoms with Gasteiger partial charge in [0.2, 0.25) is 5.91 Å². The van der Waals surface area contributed by atoms with E-state index in [0.717, 1.165) is 28.6 Å². The van der Waals surface area contributed by atoms with Crippen LogP contribution in [-0.4, -0.2) is 33.3 Å². The van der Waals surface area contributed by atoms with Gasteiger partial charge in [-0.2, -0.15) is 0 Å². The van der Waals surface area contributed by atoms with Gasteiger partial charge in [-0.1, -0.05) is 12.1 Å². The molecule has 6 nitrogen and oxygen atoms in total. The summed E-state index contributed by atoms with van der Waals surface area (Å²) in [6.45, 7) is 3.14. The van der Waals surface area contributed by atoms with Crippen LogP contribution in [0.5, 0.6) is 5.75 Å². The molecule has 0 aliphatic carbocycles. The Kier molecular flexibility index (Phi) is 5.00.